The summed E-state index contributed by atoms with van der Waals surface area (Å²) in [5, 5.41) is 8.32. The van der Waals surface area contributed by atoms with Gasteiger partial charge in [-0.05, 0) is 5.56 Å². The molecule has 18 heavy (non-hydrogen) atoms. The molecule has 0 saturated heterocycles. The quantitative estimate of drug-likeness (QED) is 0.917. The van der Waals surface area contributed by atoms with Gasteiger partial charge in [0.25, 0.3) is 5.12 Å². The molecule has 1 rings (SSSR count). The molecular weight excluding hydrogens is 258 g/mol. The van der Waals surface area contributed by atoms with Gasteiger partial charge in [0, 0.05) is 4.75 Å². The average Bonchev–Trinajstić information content (AvgIpc) is 2.27. The number of alkyl halides is 2. The van der Waals surface area contributed by atoms with Gasteiger partial charge in [0.15, 0.2) is 6.10 Å². The third kappa shape index (κ3) is 3.78. The first-order valence-electron chi connectivity index (χ1n) is 5.49. The topological polar surface area (TPSA) is 37.3 Å². The van der Waals surface area contributed by atoms with Gasteiger partial charge in [0.05, 0.1) is 0 Å². The van der Waals surface area contributed by atoms with Crippen molar-refractivity contribution < 1.29 is 18.7 Å². The normalized spacial score (nSPS) is 14.3. The minimum Gasteiger partial charge on any atom is -0.382 e. The van der Waals surface area contributed by atoms with Crippen LogP contribution in [0.15, 0.2) is 30.3 Å². The van der Waals surface area contributed by atoms with Crippen LogP contribution in [0.5, 0.6) is 0 Å². The second-order valence-electron chi connectivity index (χ2n) is 4.94. The number of hydrogen-bond acceptors (Lipinski definition) is 3. The molecule has 0 aliphatic rings. The van der Waals surface area contributed by atoms with Gasteiger partial charge < -0.3 is 5.11 Å². The smallest absolute Gasteiger partial charge is 0.344 e. The Morgan fingerprint density at radius 3 is 2.17 bits per heavy atom. The molecule has 2 nitrogen and oxygen atoms in total. The van der Waals surface area contributed by atoms with Crippen LogP contribution >= 0.6 is 11.8 Å². The summed E-state index contributed by atoms with van der Waals surface area (Å²) in [6.07, 6.45) is -2.11. The van der Waals surface area contributed by atoms with Crippen molar-refractivity contribution in [3.8, 4) is 0 Å². The molecule has 1 aromatic rings. The highest BCUT2D eigenvalue weighted by molar-refractivity contribution is 8.14. The number of carbonyl (C=O) groups excluding carboxylic acids is 1. The van der Waals surface area contributed by atoms with Crippen LogP contribution < -0.4 is 0 Å². The molecule has 0 fully saturated rings. The summed E-state index contributed by atoms with van der Waals surface area (Å²) in [6, 6.07) is 7.47. The van der Waals surface area contributed by atoms with E-state index in [1.807, 2.05) is 0 Å². The van der Waals surface area contributed by atoms with E-state index in [-0.39, 0.29) is 5.56 Å². The molecule has 0 amide bonds. The van der Waals surface area contributed by atoms with Crippen LogP contribution in [0.3, 0.4) is 0 Å². The molecule has 0 bridgehead atoms. The van der Waals surface area contributed by atoms with Gasteiger partial charge in [0.2, 0.25) is 0 Å². The summed E-state index contributed by atoms with van der Waals surface area (Å²) in [5.41, 5.74) is 0.0327. The van der Waals surface area contributed by atoms with Crippen LogP contribution in [-0.2, 0) is 4.79 Å². The summed E-state index contributed by atoms with van der Waals surface area (Å²) >= 11 is 0.538. The zero-order valence-corrected chi connectivity index (χ0v) is 11.3. The number of halogens is 2. The van der Waals surface area contributed by atoms with E-state index in [1.54, 1.807) is 26.8 Å². The van der Waals surface area contributed by atoms with Crippen LogP contribution in [0.2, 0.25) is 0 Å². The number of rotatable bonds is 3. The van der Waals surface area contributed by atoms with E-state index in [9.17, 15) is 18.7 Å². The summed E-state index contributed by atoms with van der Waals surface area (Å²) in [5.74, 6) is -3.79. The van der Waals surface area contributed by atoms with Gasteiger partial charge in [-0.1, -0.05) is 62.9 Å². The van der Waals surface area contributed by atoms with E-state index in [2.05, 4.69) is 0 Å². The van der Waals surface area contributed by atoms with Crippen molar-refractivity contribution >= 4 is 16.9 Å². The van der Waals surface area contributed by atoms with Crippen LogP contribution in [-0.4, -0.2) is 20.9 Å². The fourth-order valence-electron chi connectivity index (χ4n) is 1.30. The Bertz CT molecular complexity index is 413. The Labute approximate surface area is 109 Å². The van der Waals surface area contributed by atoms with Gasteiger partial charge in [-0.15, -0.1) is 0 Å². The first-order valence-corrected chi connectivity index (χ1v) is 6.30. The predicted molar refractivity (Wildman–Crippen MR) is 68.7 cm³/mol. The van der Waals surface area contributed by atoms with Gasteiger partial charge in [-0.2, -0.15) is 8.78 Å². The number of thioether (sulfide) groups is 1. The van der Waals surface area contributed by atoms with Crippen molar-refractivity contribution in [2.45, 2.75) is 37.5 Å². The summed E-state index contributed by atoms with van der Waals surface area (Å²) < 4.78 is 27.0. The molecule has 0 saturated carbocycles. The van der Waals surface area contributed by atoms with Crippen LogP contribution in [0, 0.1) is 0 Å². The number of aliphatic hydroxyl groups is 1. The Balaban J connectivity index is 2.89. The molecule has 0 aliphatic heterocycles. The first-order chi connectivity index (χ1) is 8.14. The van der Waals surface area contributed by atoms with E-state index in [4.69, 9.17) is 0 Å². The molecular formula is C13H16F2O2S. The standard InChI is InChI=1S/C13H16F2O2S/c1-12(2,3)18-11(17)13(14,15)10(16)9-7-5-4-6-8-9/h4-8,10,16H,1-3H3. The van der Waals surface area contributed by atoms with Gasteiger partial charge in [0.1, 0.15) is 0 Å². The first kappa shape index (κ1) is 15.1. The lowest BCUT2D eigenvalue weighted by Gasteiger charge is -2.24. The minimum absolute atomic E-state index is 0.0327. The number of carbonyl (C=O) groups is 1. The Kier molecular flexibility index (Phi) is 4.50. The Morgan fingerprint density at radius 1 is 1.22 bits per heavy atom. The van der Waals surface area contributed by atoms with Gasteiger partial charge in [-0.3, -0.25) is 4.79 Å². The third-order valence-electron chi connectivity index (χ3n) is 2.13. The maximum absolute atomic E-state index is 13.8. The molecule has 0 radical (unpaired) electrons. The lowest BCUT2D eigenvalue weighted by molar-refractivity contribution is -0.151. The average molecular weight is 274 g/mol. The summed E-state index contributed by atoms with van der Waals surface area (Å²) in [6.45, 7) is 5.00. The largest absolute Gasteiger partial charge is 0.382 e. The molecule has 5 heteroatoms. The number of benzene rings is 1. The van der Waals surface area contributed by atoms with Crippen molar-refractivity contribution in [1.82, 2.24) is 0 Å². The minimum atomic E-state index is -3.79. The molecule has 0 aromatic heterocycles. The van der Waals surface area contributed by atoms with Crippen LogP contribution in [0.4, 0.5) is 8.78 Å². The highest BCUT2D eigenvalue weighted by Gasteiger charge is 2.48. The maximum atomic E-state index is 13.8. The fraction of sp³-hybridized carbons (Fsp3) is 0.462. The van der Waals surface area contributed by atoms with Crippen molar-refractivity contribution in [1.29, 1.82) is 0 Å². The van der Waals surface area contributed by atoms with Crippen molar-refractivity contribution in [2.24, 2.45) is 0 Å². The lowest BCUT2D eigenvalue weighted by atomic mass is 10.0. The molecule has 0 spiro atoms. The number of aliphatic hydroxyl groups excluding tert-OH is 1. The lowest BCUT2D eigenvalue weighted by Crippen LogP contribution is -2.36. The molecule has 0 heterocycles. The molecule has 1 aromatic carbocycles. The monoisotopic (exact) mass is 274 g/mol. The molecule has 1 unspecified atom stereocenters. The second-order valence-corrected chi connectivity index (χ2v) is 6.74. The molecule has 1 N–H and O–H groups in total. The second kappa shape index (κ2) is 5.36. The third-order valence-corrected chi connectivity index (χ3v) is 3.20. The summed E-state index contributed by atoms with van der Waals surface area (Å²) in [7, 11) is 0. The zero-order chi connectivity index (χ0) is 14.0. The van der Waals surface area contributed by atoms with Crippen molar-refractivity contribution in [3.05, 3.63) is 35.9 Å². The van der Waals surface area contributed by atoms with Gasteiger partial charge >= 0.3 is 5.92 Å². The highest BCUT2D eigenvalue weighted by atomic mass is 32.2. The Hall–Kier alpha value is -0.940. The van der Waals surface area contributed by atoms with E-state index in [1.165, 1.54) is 24.3 Å². The van der Waals surface area contributed by atoms with Crippen LogP contribution in [0.1, 0.15) is 32.4 Å². The molecule has 1 atom stereocenters. The van der Waals surface area contributed by atoms with E-state index < -0.39 is 21.9 Å². The highest BCUT2D eigenvalue weighted by Crippen LogP contribution is 2.38. The van der Waals surface area contributed by atoms with Gasteiger partial charge in [-0.25, -0.2) is 0 Å². The number of hydrogen-bond donors (Lipinski definition) is 1. The SMILES string of the molecule is CC(C)(C)SC(=O)C(F)(F)C(O)c1ccccc1. The molecule has 0 aliphatic carbocycles. The van der Waals surface area contributed by atoms with Crippen LogP contribution in [0.25, 0.3) is 0 Å². The Morgan fingerprint density at radius 2 is 1.72 bits per heavy atom. The maximum Gasteiger partial charge on any atom is 0.344 e. The predicted octanol–water partition coefficient (Wildman–Crippen LogP) is 3.41. The van der Waals surface area contributed by atoms with Crippen molar-refractivity contribution in [2.75, 3.05) is 0 Å². The fourth-order valence-corrected chi connectivity index (χ4v) is 2.11. The zero-order valence-electron chi connectivity index (χ0n) is 10.5. The molecule has 100 valence electrons. The van der Waals surface area contributed by atoms with Crippen molar-refractivity contribution in [3.63, 3.8) is 0 Å². The summed E-state index contributed by atoms with van der Waals surface area (Å²) in [4.78, 5) is 11.5. The van der Waals surface area contributed by atoms with E-state index in [0.717, 1.165) is 0 Å². The van der Waals surface area contributed by atoms with E-state index in [0.29, 0.717) is 11.8 Å². The van der Waals surface area contributed by atoms with E-state index >= 15 is 0 Å².